The average Bonchev–Trinajstić information content (AvgIpc) is 2.47. The Kier molecular flexibility index (Phi) is 4.75. The smallest absolute Gasteiger partial charge is 0.166 e. The largest absolute Gasteiger partial charge is 0.457 e. The van der Waals surface area contributed by atoms with Crippen molar-refractivity contribution >= 4 is 17.3 Å². The van der Waals surface area contributed by atoms with Crippen LogP contribution in [0.1, 0.15) is 5.56 Å². The third-order valence-corrected chi connectivity index (χ3v) is 2.96. The molecule has 0 unspecified atom stereocenters. The summed E-state index contributed by atoms with van der Waals surface area (Å²) in [6.45, 7) is 0.628. The summed E-state index contributed by atoms with van der Waals surface area (Å²) in [6.07, 6.45) is 0. The maximum Gasteiger partial charge on any atom is 0.166 e. The lowest BCUT2D eigenvalue weighted by molar-refractivity contribution is 0.475. The summed E-state index contributed by atoms with van der Waals surface area (Å²) in [4.78, 5) is 0. The zero-order chi connectivity index (χ0) is 13.5. The van der Waals surface area contributed by atoms with E-state index in [0.717, 1.165) is 17.1 Å². The SMILES string of the molecule is CNC(=S)NCc1ccccc1Oc1ccccc1. The van der Waals surface area contributed by atoms with Gasteiger partial charge in [-0.2, -0.15) is 0 Å². The molecular formula is C15H16N2OS. The van der Waals surface area contributed by atoms with Crippen LogP contribution < -0.4 is 15.4 Å². The summed E-state index contributed by atoms with van der Waals surface area (Å²) >= 11 is 5.06. The van der Waals surface area contributed by atoms with Crippen LogP contribution in [0.2, 0.25) is 0 Å². The lowest BCUT2D eigenvalue weighted by atomic mass is 10.2. The first-order valence-corrected chi connectivity index (χ1v) is 6.47. The van der Waals surface area contributed by atoms with Crippen LogP contribution in [0.25, 0.3) is 0 Å². The predicted molar refractivity (Wildman–Crippen MR) is 81.5 cm³/mol. The van der Waals surface area contributed by atoms with Gasteiger partial charge in [0.2, 0.25) is 0 Å². The Balaban J connectivity index is 2.10. The lowest BCUT2D eigenvalue weighted by Gasteiger charge is -2.12. The zero-order valence-electron chi connectivity index (χ0n) is 10.7. The molecule has 2 aromatic rings. The van der Waals surface area contributed by atoms with Crippen molar-refractivity contribution < 1.29 is 4.74 Å². The van der Waals surface area contributed by atoms with Crippen molar-refractivity contribution in [1.82, 2.24) is 10.6 Å². The van der Waals surface area contributed by atoms with E-state index in [2.05, 4.69) is 10.6 Å². The number of hydrogen-bond acceptors (Lipinski definition) is 2. The minimum Gasteiger partial charge on any atom is -0.457 e. The van der Waals surface area contributed by atoms with Crippen LogP contribution in [-0.4, -0.2) is 12.2 Å². The zero-order valence-corrected chi connectivity index (χ0v) is 11.5. The summed E-state index contributed by atoms with van der Waals surface area (Å²) in [5, 5.41) is 6.62. The highest BCUT2D eigenvalue weighted by atomic mass is 32.1. The van der Waals surface area contributed by atoms with Crippen molar-refractivity contribution in [3.63, 3.8) is 0 Å². The van der Waals surface area contributed by atoms with Gasteiger partial charge in [-0.1, -0.05) is 36.4 Å². The molecule has 0 fully saturated rings. The molecule has 0 radical (unpaired) electrons. The van der Waals surface area contributed by atoms with Crippen LogP contribution in [0, 0.1) is 0 Å². The molecule has 2 N–H and O–H groups in total. The molecule has 0 saturated carbocycles. The highest BCUT2D eigenvalue weighted by Crippen LogP contribution is 2.24. The van der Waals surface area contributed by atoms with E-state index < -0.39 is 0 Å². The van der Waals surface area contributed by atoms with Gasteiger partial charge in [-0.05, 0) is 30.4 Å². The Morgan fingerprint density at radius 3 is 2.47 bits per heavy atom. The third kappa shape index (κ3) is 3.96. The molecule has 19 heavy (non-hydrogen) atoms. The van der Waals surface area contributed by atoms with Gasteiger partial charge in [0.25, 0.3) is 0 Å². The van der Waals surface area contributed by atoms with Crippen molar-refractivity contribution in [3.05, 3.63) is 60.2 Å². The van der Waals surface area contributed by atoms with E-state index in [1.54, 1.807) is 7.05 Å². The Labute approximate surface area is 118 Å². The van der Waals surface area contributed by atoms with Crippen molar-refractivity contribution in [2.75, 3.05) is 7.05 Å². The fourth-order valence-electron chi connectivity index (χ4n) is 1.63. The number of ether oxygens (including phenoxy) is 1. The summed E-state index contributed by atoms with van der Waals surface area (Å²) in [5.74, 6) is 1.66. The van der Waals surface area contributed by atoms with Gasteiger partial charge in [-0.15, -0.1) is 0 Å². The molecule has 0 spiro atoms. The fraction of sp³-hybridized carbons (Fsp3) is 0.133. The van der Waals surface area contributed by atoms with Gasteiger partial charge in [0, 0.05) is 19.2 Å². The number of hydrogen-bond donors (Lipinski definition) is 2. The van der Waals surface area contributed by atoms with Gasteiger partial charge in [0.15, 0.2) is 5.11 Å². The molecule has 0 aromatic heterocycles. The number of rotatable bonds is 4. The summed E-state index contributed by atoms with van der Waals surface area (Å²) in [7, 11) is 1.79. The number of benzene rings is 2. The van der Waals surface area contributed by atoms with Gasteiger partial charge in [-0.3, -0.25) is 0 Å². The average molecular weight is 272 g/mol. The molecule has 0 bridgehead atoms. The number of para-hydroxylation sites is 2. The molecule has 98 valence electrons. The minimum atomic E-state index is 0.620. The van der Waals surface area contributed by atoms with Crippen LogP contribution >= 0.6 is 12.2 Å². The van der Waals surface area contributed by atoms with Crippen molar-refractivity contribution in [2.24, 2.45) is 0 Å². The van der Waals surface area contributed by atoms with Gasteiger partial charge in [-0.25, -0.2) is 0 Å². The second kappa shape index (κ2) is 6.75. The van der Waals surface area contributed by atoms with E-state index in [1.165, 1.54) is 0 Å². The second-order valence-corrected chi connectivity index (χ2v) is 4.36. The van der Waals surface area contributed by atoms with Crippen LogP contribution in [-0.2, 0) is 6.54 Å². The molecule has 0 aliphatic heterocycles. The molecule has 0 heterocycles. The molecular weight excluding hydrogens is 256 g/mol. The van der Waals surface area contributed by atoms with Gasteiger partial charge >= 0.3 is 0 Å². The molecule has 2 aromatic carbocycles. The van der Waals surface area contributed by atoms with Gasteiger partial charge < -0.3 is 15.4 Å². The first-order chi connectivity index (χ1) is 9.29. The maximum atomic E-state index is 5.87. The third-order valence-electron chi connectivity index (χ3n) is 2.61. The highest BCUT2D eigenvalue weighted by molar-refractivity contribution is 7.80. The normalized spacial score (nSPS) is 9.74. The van der Waals surface area contributed by atoms with E-state index in [9.17, 15) is 0 Å². The second-order valence-electron chi connectivity index (χ2n) is 3.96. The van der Waals surface area contributed by atoms with Crippen molar-refractivity contribution in [1.29, 1.82) is 0 Å². The summed E-state index contributed by atoms with van der Waals surface area (Å²) in [6, 6.07) is 17.6. The van der Waals surface area contributed by atoms with Crippen LogP contribution in [0.4, 0.5) is 0 Å². The minimum absolute atomic E-state index is 0.620. The van der Waals surface area contributed by atoms with Crippen LogP contribution in [0.5, 0.6) is 11.5 Å². The number of nitrogens with one attached hydrogen (secondary N) is 2. The first kappa shape index (κ1) is 13.4. The van der Waals surface area contributed by atoms with E-state index in [0.29, 0.717) is 11.7 Å². The van der Waals surface area contributed by atoms with E-state index >= 15 is 0 Å². The van der Waals surface area contributed by atoms with E-state index in [4.69, 9.17) is 17.0 Å². The van der Waals surface area contributed by atoms with Crippen molar-refractivity contribution in [3.8, 4) is 11.5 Å². The fourth-order valence-corrected chi connectivity index (χ4v) is 1.70. The van der Waals surface area contributed by atoms with Gasteiger partial charge in [0.05, 0.1) is 0 Å². The molecule has 0 saturated heterocycles. The summed E-state index contributed by atoms with van der Waals surface area (Å²) < 4.78 is 5.87. The topological polar surface area (TPSA) is 33.3 Å². The Morgan fingerprint density at radius 2 is 1.74 bits per heavy atom. The first-order valence-electron chi connectivity index (χ1n) is 6.06. The number of thiocarbonyl (C=S) groups is 1. The predicted octanol–water partition coefficient (Wildman–Crippen LogP) is 3.07. The Bertz CT molecular complexity index is 543. The highest BCUT2D eigenvalue weighted by Gasteiger charge is 2.04. The van der Waals surface area contributed by atoms with E-state index in [-0.39, 0.29) is 0 Å². The van der Waals surface area contributed by atoms with Gasteiger partial charge in [0.1, 0.15) is 11.5 Å². The molecule has 2 rings (SSSR count). The maximum absolute atomic E-state index is 5.87. The molecule has 0 aliphatic carbocycles. The standard InChI is InChI=1S/C15H16N2OS/c1-16-15(19)17-11-12-7-5-6-10-14(12)18-13-8-3-2-4-9-13/h2-10H,11H2,1H3,(H2,16,17,19). The van der Waals surface area contributed by atoms with Crippen molar-refractivity contribution in [2.45, 2.75) is 6.54 Å². The molecule has 0 aliphatic rings. The lowest BCUT2D eigenvalue weighted by Crippen LogP contribution is -2.31. The molecule has 0 amide bonds. The Morgan fingerprint density at radius 1 is 1.05 bits per heavy atom. The van der Waals surface area contributed by atoms with E-state index in [1.807, 2.05) is 54.6 Å². The molecule has 3 nitrogen and oxygen atoms in total. The van der Waals surface area contributed by atoms with Crippen LogP contribution in [0.15, 0.2) is 54.6 Å². The Hall–Kier alpha value is -2.07. The molecule has 4 heteroatoms. The quantitative estimate of drug-likeness (QED) is 0.838. The van der Waals surface area contributed by atoms with Crippen LogP contribution in [0.3, 0.4) is 0 Å². The summed E-state index contributed by atoms with van der Waals surface area (Å²) in [5.41, 5.74) is 1.06. The molecule has 0 atom stereocenters. The monoisotopic (exact) mass is 272 g/mol.